The molecule has 3 rings (SSSR count). The zero-order chi connectivity index (χ0) is 23.1. The topological polar surface area (TPSA) is 109 Å². The highest BCUT2D eigenvalue weighted by Crippen LogP contribution is 2.28. The van der Waals surface area contributed by atoms with Gasteiger partial charge in [0.25, 0.3) is 0 Å². The van der Waals surface area contributed by atoms with Gasteiger partial charge in [-0.05, 0) is 43.9 Å². The molecule has 2 unspecified atom stereocenters. The number of hydrogen-bond acceptors (Lipinski definition) is 7. The molecule has 1 aromatic rings. The van der Waals surface area contributed by atoms with E-state index in [-0.39, 0.29) is 29.5 Å². The van der Waals surface area contributed by atoms with Crippen molar-refractivity contribution in [1.82, 2.24) is 9.62 Å². The number of amides is 1. The molecule has 0 aromatic heterocycles. The molecule has 1 amide bonds. The number of benzene rings is 1. The van der Waals surface area contributed by atoms with Gasteiger partial charge in [0, 0.05) is 32.3 Å². The molecular weight excluding hydrogens is 432 g/mol. The van der Waals surface area contributed by atoms with E-state index in [0.29, 0.717) is 44.5 Å². The van der Waals surface area contributed by atoms with Gasteiger partial charge in [0.1, 0.15) is 0 Å². The van der Waals surface area contributed by atoms with Crippen LogP contribution in [0.1, 0.15) is 33.6 Å². The van der Waals surface area contributed by atoms with Crippen molar-refractivity contribution in [2.24, 2.45) is 5.92 Å². The van der Waals surface area contributed by atoms with Crippen molar-refractivity contribution in [3.05, 3.63) is 18.2 Å². The third-order valence-electron chi connectivity index (χ3n) is 5.97. The maximum atomic E-state index is 13.1. The highest BCUT2D eigenvalue weighted by Gasteiger charge is 2.27. The summed E-state index contributed by atoms with van der Waals surface area (Å²) in [5, 5.41) is 9.43. The van der Waals surface area contributed by atoms with Gasteiger partial charge in [0.2, 0.25) is 15.9 Å². The van der Waals surface area contributed by atoms with Crippen molar-refractivity contribution in [2.45, 2.75) is 50.7 Å². The Kier molecular flexibility index (Phi) is 8.75. The zero-order valence-corrected chi connectivity index (χ0v) is 20.0. The van der Waals surface area contributed by atoms with E-state index in [1.807, 2.05) is 20.8 Å². The van der Waals surface area contributed by atoms with Crippen molar-refractivity contribution in [1.29, 1.82) is 0 Å². The fraction of sp³-hybridized carbons (Fsp3) is 0.682. The fourth-order valence-electron chi connectivity index (χ4n) is 3.60. The Balaban J connectivity index is 1.75. The number of carbonyl (C=O) groups excluding carboxylic acids is 1. The van der Waals surface area contributed by atoms with Gasteiger partial charge >= 0.3 is 0 Å². The number of nitrogens with one attached hydrogen (secondary N) is 3. The lowest BCUT2D eigenvalue weighted by Crippen LogP contribution is -2.40. The van der Waals surface area contributed by atoms with E-state index >= 15 is 0 Å². The molecule has 3 N–H and O–H groups in total. The van der Waals surface area contributed by atoms with Crippen molar-refractivity contribution < 1.29 is 22.7 Å². The van der Waals surface area contributed by atoms with Crippen LogP contribution in [-0.4, -0.2) is 76.8 Å². The number of carbonyl (C=O) groups is 1. The minimum Gasteiger partial charge on any atom is -0.381 e. The zero-order valence-electron chi connectivity index (χ0n) is 19.2. The third-order valence-corrected chi connectivity index (χ3v) is 7.87. The number of morpholine rings is 1. The first kappa shape index (κ1) is 24.8. The van der Waals surface area contributed by atoms with Crippen LogP contribution in [0.2, 0.25) is 0 Å². The summed E-state index contributed by atoms with van der Waals surface area (Å²) in [6.45, 7) is 8.94. The first-order chi connectivity index (χ1) is 15.3. The molecule has 180 valence electrons. The minimum atomic E-state index is -3.64. The average Bonchev–Trinajstić information content (AvgIpc) is 3.30. The van der Waals surface area contributed by atoms with E-state index in [0.717, 1.165) is 25.1 Å². The SMILES string of the molecule is CC(C)C(C)NC(=O)CNc1cc(S(=O)(=O)N2CCOCC2)ccc1NCC1CCCO1. The molecule has 32 heavy (non-hydrogen) atoms. The molecule has 1 aromatic carbocycles. The summed E-state index contributed by atoms with van der Waals surface area (Å²) < 4.78 is 38.6. The normalized spacial score (nSPS) is 20.8. The van der Waals surface area contributed by atoms with E-state index in [1.54, 1.807) is 18.2 Å². The summed E-state index contributed by atoms with van der Waals surface area (Å²) >= 11 is 0. The number of ether oxygens (including phenoxy) is 2. The third kappa shape index (κ3) is 6.57. The lowest BCUT2D eigenvalue weighted by atomic mass is 10.1. The first-order valence-corrected chi connectivity index (χ1v) is 12.8. The molecule has 2 heterocycles. The Morgan fingerprint density at radius 2 is 1.88 bits per heavy atom. The first-order valence-electron chi connectivity index (χ1n) is 11.4. The maximum Gasteiger partial charge on any atom is 0.243 e. The second-order valence-corrected chi connectivity index (χ2v) is 10.6. The molecule has 0 aliphatic carbocycles. The molecule has 2 aliphatic rings. The molecule has 0 saturated carbocycles. The molecule has 0 radical (unpaired) electrons. The monoisotopic (exact) mass is 468 g/mol. The van der Waals surface area contributed by atoms with Crippen molar-refractivity contribution in [2.75, 3.05) is 56.6 Å². The van der Waals surface area contributed by atoms with Crippen LogP contribution < -0.4 is 16.0 Å². The smallest absolute Gasteiger partial charge is 0.243 e. The van der Waals surface area contributed by atoms with Crippen LogP contribution in [-0.2, 0) is 24.3 Å². The highest BCUT2D eigenvalue weighted by molar-refractivity contribution is 7.89. The summed E-state index contributed by atoms with van der Waals surface area (Å²) in [5.74, 6) is 0.183. The quantitative estimate of drug-likeness (QED) is 0.481. The number of nitrogens with zero attached hydrogens (tertiary/aromatic N) is 1. The van der Waals surface area contributed by atoms with Crippen molar-refractivity contribution >= 4 is 27.3 Å². The maximum absolute atomic E-state index is 13.1. The summed E-state index contributed by atoms with van der Waals surface area (Å²) in [6, 6.07) is 5.00. The molecule has 0 spiro atoms. The van der Waals surface area contributed by atoms with E-state index in [1.165, 1.54) is 4.31 Å². The van der Waals surface area contributed by atoms with Crippen LogP contribution in [0.3, 0.4) is 0 Å². The summed E-state index contributed by atoms with van der Waals surface area (Å²) in [5.41, 5.74) is 1.32. The number of rotatable bonds is 10. The Hall–Kier alpha value is -1.88. The molecule has 2 saturated heterocycles. The Morgan fingerprint density at radius 1 is 1.12 bits per heavy atom. The number of hydrogen-bond donors (Lipinski definition) is 3. The van der Waals surface area contributed by atoms with Crippen LogP contribution in [0.15, 0.2) is 23.1 Å². The van der Waals surface area contributed by atoms with Crippen LogP contribution in [0.5, 0.6) is 0 Å². The lowest BCUT2D eigenvalue weighted by Gasteiger charge is -2.26. The van der Waals surface area contributed by atoms with Crippen LogP contribution in [0, 0.1) is 5.92 Å². The Morgan fingerprint density at radius 3 is 2.53 bits per heavy atom. The van der Waals surface area contributed by atoms with Crippen molar-refractivity contribution in [3.8, 4) is 0 Å². The molecule has 2 atom stereocenters. The van der Waals surface area contributed by atoms with Crippen molar-refractivity contribution in [3.63, 3.8) is 0 Å². The fourth-order valence-corrected chi connectivity index (χ4v) is 5.03. The number of sulfonamides is 1. The van der Waals surface area contributed by atoms with Gasteiger partial charge in [-0.2, -0.15) is 4.31 Å². The van der Waals surface area contributed by atoms with Gasteiger partial charge in [0.15, 0.2) is 0 Å². The standard InChI is InChI=1S/C22H36N4O5S/c1-16(2)17(3)25-22(27)15-24-21-13-19(32(28,29)26-8-11-30-12-9-26)6-7-20(21)23-14-18-5-4-10-31-18/h6-7,13,16-18,23-24H,4-5,8-12,14-15H2,1-3H3,(H,25,27). The van der Waals surface area contributed by atoms with E-state index in [2.05, 4.69) is 16.0 Å². The molecule has 9 nitrogen and oxygen atoms in total. The van der Waals surface area contributed by atoms with E-state index in [9.17, 15) is 13.2 Å². The van der Waals surface area contributed by atoms with Crippen LogP contribution in [0.25, 0.3) is 0 Å². The largest absolute Gasteiger partial charge is 0.381 e. The van der Waals surface area contributed by atoms with Crippen LogP contribution >= 0.6 is 0 Å². The Bertz CT molecular complexity index is 865. The number of anilines is 2. The van der Waals surface area contributed by atoms with Gasteiger partial charge in [-0.15, -0.1) is 0 Å². The van der Waals surface area contributed by atoms with E-state index < -0.39 is 10.0 Å². The van der Waals surface area contributed by atoms with E-state index in [4.69, 9.17) is 9.47 Å². The summed E-state index contributed by atoms with van der Waals surface area (Å²) in [6.07, 6.45) is 2.17. The van der Waals surface area contributed by atoms with Gasteiger partial charge in [-0.1, -0.05) is 13.8 Å². The average molecular weight is 469 g/mol. The van der Waals surface area contributed by atoms with Gasteiger partial charge < -0.3 is 25.4 Å². The predicted molar refractivity (Wildman–Crippen MR) is 124 cm³/mol. The molecule has 2 aliphatic heterocycles. The summed E-state index contributed by atoms with van der Waals surface area (Å²) in [4.78, 5) is 12.6. The minimum absolute atomic E-state index is 0.0483. The highest BCUT2D eigenvalue weighted by atomic mass is 32.2. The Labute approximate surface area is 191 Å². The van der Waals surface area contributed by atoms with Gasteiger partial charge in [-0.25, -0.2) is 8.42 Å². The molecular formula is C22H36N4O5S. The lowest BCUT2D eigenvalue weighted by molar-refractivity contribution is -0.120. The van der Waals surface area contributed by atoms with Gasteiger partial charge in [0.05, 0.1) is 42.1 Å². The van der Waals surface area contributed by atoms with Crippen LogP contribution in [0.4, 0.5) is 11.4 Å². The molecule has 0 bridgehead atoms. The summed E-state index contributed by atoms with van der Waals surface area (Å²) in [7, 11) is -3.64. The van der Waals surface area contributed by atoms with Gasteiger partial charge in [-0.3, -0.25) is 4.79 Å². The second kappa shape index (κ2) is 11.3. The predicted octanol–water partition coefficient (Wildman–Crippen LogP) is 1.87. The molecule has 10 heteroatoms. The second-order valence-electron chi connectivity index (χ2n) is 8.69. The molecule has 2 fully saturated rings.